The minimum atomic E-state index is -3.04. The molecule has 3 rings (SSSR count). The maximum atomic E-state index is 12.2. The monoisotopic (exact) mass is 394 g/mol. The standard InChI is InChI=1S/C16H22N6O6/c1-8-7-15(25,26)22(10(23)3-5-17)16(27,28)11(8)21(2)13-9-4-6-18-12(9)19-14(24)20-13/h4,6,8,11,14,18-19,24-28H,3,7H2,1-2H3. The van der Waals surface area contributed by atoms with Gasteiger partial charge in [-0.15, -0.1) is 0 Å². The van der Waals surface area contributed by atoms with Crippen molar-refractivity contribution in [3.8, 4) is 6.07 Å². The zero-order valence-corrected chi connectivity index (χ0v) is 15.2. The van der Waals surface area contributed by atoms with Crippen molar-refractivity contribution in [2.24, 2.45) is 10.9 Å². The maximum absolute atomic E-state index is 12.2. The second-order valence-corrected chi connectivity index (χ2v) is 7.00. The summed E-state index contributed by atoms with van der Waals surface area (Å²) in [7, 11) is 1.48. The molecule has 3 heterocycles. The van der Waals surface area contributed by atoms with Crippen LogP contribution in [0.15, 0.2) is 17.3 Å². The highest BCUT2D eigenvalue weighted by Crippen LogP contribution is 2.40. The first kappa shape index (κ1) is 20.1. The van der Waals surface area contributed by atoms with Crippen LogP contribution in [-0.2, 0) is 4.79 Å². The summed E-state index contributed by atoms with van der Waals surface area (Å²) < 4.78 is 0. The third kappa shape index (κ3) is 3.09. The molecule has 0 aromatic carbocycles. The molecule has 0 saturated carbocycles. The fourth-order valence-electron chi connectivity index (χ4n) is 4.02. The normalized spacial score (nSPS) is 27.9. The molecule has 152 valence electrons. The van der Waals surface area contributed by atoms with E-state index >= 15 is 0 Å². The molecule has 0 radical (unpaired) electrons. The molecule has 12 nitrogen and oxygen atoms in total. The van der Waals surface area contributed by atoms with Crippen molar-refractivity contribution < 1.29 is 30.3 Å². The molecule has 3 unspecified atom stereocenters. The highest BCUT2D eigenvalue weighted by molar-refractivity contribution is 6.04. The van der Waals surface area contributed by atoms with Gasteiger partial charge in [0.25, 0.3) is 11.8 Å². The molecule has 7 N–H and O–H groups in total. The summed E-state index contributed by atoms with van der Waals surface area (Å²) in [5, 5.41) is 63.5. The fraction of sp³-hybridized carbons (Fsp3) is 0.562. The molecule has 0 aliphatic carbocycles. The number of H-pyrrole nitrogens is 1. The highest BCUT2D eigenvalue weighted by atomic mass is 16.6. The van der Waals surface area contributed by atoms with Gasteiger partial charge in [0.2, 0.25) is 12.3 Å². The summed E-state index contributed by atoms with van der Waals surface area (Å²) in [5.74, 6) is -7.13. The number of hydrogen-bond donors (Lipinski definition) is 7. The van der Waals surface area contributed by atoms with E-state index in [1.807, 2.05) is 0 Å². The van der Waals surface area contributed by atoms with Crippen molar-refractivity contribution in [3.05, 3.63) is 17.8 Å². The zero-order valence-electron chi connectivity index (χ0n) is 15.2. The lowest BCUT2D eigenvalue weighted by molar-refractivity contribution is -0.409. The summed E-state index contributed by atoms with van der Waals surface area (Å²) in [4.78, 5) is 20.7. The molecular weight excluding hydrogens is 372 g/mol. The van der Waals surface area contributed by atoms with E-state index in [2.05, 4.69) is 15.3 Å². The number of amidine groups is 1. The first-order chi connectivity index (χ1) is 13.0. The predicted molar refractivity (Wildman–Crippen MR) is 93.7 cm³/mol. The number of piperidine rings is 1. The number of aromatic nitrogens is 1. The first-order valence-corrected chi connectivity index (χ1v) is 8.53. The van der Waals surface area contributed by atoms with E-state index < -0.39 is 48.9 Å². The smallest absolute Gasteiger partial charge is 0.274 e. The number of aromatic amines is 1. The van der Waals surface area contributed by atoms with Gasteiger partial charge in [0.05, 0.1) is 11.6 Å². The van der Waals surface area contributed by atoms with E-state index in [9.17, 15) is 30.3 Å². The predicted octanol–water partition coefficient (Wildman–Crippen LogP) is -2.18. The first-order valence-electron chi connectivity index (χ1n) is 8.53. The van der Waals surface area contributed by atoms with E-state index in [-0.39, 0.29) is 10.7 Å². The Morgan fingerprint density at radius 2 is 2.14 bits per heavy atom. The Hall–Kier alpha value is -2.69. The maximum Gasteiger partial charge on any atom is 0.274 e. The Balaban J connectivity index is 2.03. The minimum Gasteiger partial charge on any atom is -0.355 e. The second kappa shape index (κ2) is 6.73. The number of nitrogens with one attached hydrogen (secondary N) is 2. The van der Waals surface area contributed by atoms with Crippen LogP contribution in [0.1, 0.15) is 25.3 Å². The van der Waals surface area contributed by atoms with Gasteiger partial charge in [-0.1, -0.05) is 6.92 Å². The van der Waals surface area contributed by atoms with Crippen LogP contribution >= 0.6 is 0 Å². The molecule has 1 aromatic rings. The molecule has 0 bridgehead atoms. The average molecular weight is 394 g/mol. The number of rotatable bonds is 2. The Bertz CT molecular complexity index is 843. The van der Waals surface area contributed by atoms with Crippen LogP contribution in [0.5, 0.6) is 0 Å². The zero-order chi connectivity index (χ0) is 20.9. The lowest BCUT2D eigenvalue weighted by Gasteiger charge is -2.55. The molecule has 2 aliphatic heterocycles. The van der Waals surface area contributed by atoms with E-state index in [4.69, 9.17) is 5.26 Å². The average Bonchev–Trinajstić information content (AvgIpc) is 2.99. The Morgan fingerprint density at radius 3 is 2.79 bits per heavy atom. The third-order valence-electron chi connectivity index (χ3n) is 4.96. The van der Waals surface area contributed by atoms with Gasteiger partial charge in [-0.05, 0) is 12.0 Å². The number of nitrogens with zero attached hydrogens (tertiary/aromatic N) is 4. The van der Waals surface area contributed by atoms with Crippen molar-refractivity contribution in [1.29, 1.82) is 5.26 Å². The number of likely N-dealkylation sites (tertiary alicyclic amines) is 1. The molecule has 28 heavy (non-hydrogen) atoms. The summed E-state index contributed by atoms with van der Waals surface area (Å²) in [6.07, 6.45) is -0.873. The number of aliphatic hydroxyl groups is 5. The molecule has 0 spiro atoms. The number of aliphatic hydroxyl groups excluding tert-OH is 1. The Kier molecular flexibility index (Phi) is 4.82. The van der Waals surface area contributed by atoms with E-state index in [0.717, 1.165) is 0 Å². The van der Waals surface area contributed by atoms with Crippen molar-refractivity contribution >= 4 is 17.6 Å². The SMILES string of the molecule is CC1CC(O)(O)N(C(=O)CC#N)C(O)(O)C1N(C)C1=NC(O)Nc2[nH]ccc21. The largest absolute Gasteiger partial charge is 0.355 e. The number of carbonyl (C=O) groups is 1. The number of amides is 1. The van der Waals surface area contributed by atoms with Gasteiger partial charge in [-0.2, -0.15) is 5.26 Å². The lowest BCUT2D eigenvalue weighted by atomic mass is 9.85. The molecule has 1 saturated heterocycles. The van der Waals surface area contributed by atoms with Gasteiger partial charge in [-0.25, -0.2) is 9.89 Å². The summed E-state index contributed by atoms with van der Waals surface area (Å²) >= 11 is 0. The van der Waals surface area contributed by atoms with Crippen LogP contribution in [0.25, 0.3) is 0 Å². The molecule has 2 aliphatic rings. The summed E-state index contributed by atoms with van der Waals surface area (Å²) in [6, 6.07) is 1.96. The summed E-state index contributed by atoms with van der Waals surface area (Å²) in [5.41, 5.74) is 0.538. The number of anilines is 1. The van der Waals surface area contributed by atoms with Gasteiger partial charge in [0.1, 0.15) is 24.1 Å². The highest BCUT2D eigenvalue weighted by Gasteiger charge is 2.61. The number of fused-ring (bicyclic) bond motifs is 1. The van der Waals surface area contributed by atoms with Crippen molar-refractivity contribution in [1.82, 2.24) is 14.8 Å². The van der Waals surface area contributed by atoms with Crippen LogP contribution in [0.2, 0.25) is 0 Å². The molecule has 3 atom stereocenters. The van der Waals surface area contributed by atoms with Crippen LogP contribution in [0.3, 0.4) is 0 Å². The number of hydrogen-bond acceptors (Lipinski definition) is 10. The Morgan fingerprint density at radius 1 is 1.46 bits per heavy atom. The summed E-state index contributed by atoms with van der Waals surface area (Å²) in [6.45, 7) is 1.55. The van der Waals surface area contributed by atoms with Crippen molar-refractivity contribution in [2.45, 2.75) is 44.0 Å². The minimum absolute atomic E-state index is 0.0977. The molecular formula is C16H22N6O6. The Labute approximate surface area is 159 Å². The van der Waals surface area contributed by atoms with Gasteiger partial charge >= 0.3 is 0 Å². The van der Waals surface area contributed by atoms with Crippen LogP contribution in [0.4, 0.5) is 5.82 Å². The van der Waals surface area contributed by atoms with Crippen LogP contribution in [0, 0.1) is 17.2 Å². The van der Waals surface area contributed by atoms with Gasteiger partial charge in [-0.3, -0.25) is 4.79 Å². The van der Waals surface area contributed by atoms with Gasteiger partial charge in [0, 0.05) is 19.7 Å². The van der Waals surface area contributed by atoms with Gasteiger partial charge < -0.3 is 40.7 Å². The molecule has 1 amide bonds. The quantitative estimate of drug-likeness (QED) is 0.274. The lowest BCUT2D eigenvalue weighted by Crippen LogP contribution is -2.76. The van der Waals surface area contributed by atoms with Gasteiger partial charge in [0.15, 0.2) is 0 Å². The number of carbonyl (C=O) groups excluding carboxylic acids is 1. The van der Waals surface area contributed by atoms with Crippen molar-refractivity contribution in [2.75, 3.05) is 12.4 Å². The second-order valence-electron chi connectivity index (χ2n) is 7.00. The molecule has 12 heteroatoms. The third-order valence-corrected chi connectivity index (χ3v) is 4.96. The number of aliphatic imine (C=N–C) groups is 1. The fourth-order valence-corrected chi connectivity index (χ4v) is 4.02. The van der Waals surface area contributed by atoms with Crippen molar-refractivity contribution in [3.63, 3.8) is 0 Å². The molecule has 1 fully saturated rings. The van der Waals surface area contributed by atoms with E-state index in [1.54, 1.807) is 25.3 Å². The number of nitriles is 1. The van der Waals surface area contributed by atoms with Crippen LogP contribution in [-0.4, -0.2) is 83.3 Å². The van der Waals surface area contributed by atoms with E-state index in [0.29, 0.717) is 11.4 Å². The number of likely N-dealkylation sites (N-methyl/N-ethyl adjacent to an activating group) is 1. The van der Waals surface area contributed by atoms with Crippen LogP contribution < -0.4 is 5.32 Å². The topological polar surface area (TPSA) is 189 Å². The molecule has 1 aromatic heterocycles. The van der Waals surface area contributed by atoms with E-state index in [1.165, 1.54) is 11.9 Å².